The van der Waals surface area contributed by atoms with Crippen LogP contribution in [0.3, 0.4) is 0 Å². The Hall–Kier alpha value is -3.06. The molecule has 7 heteroatoms. The van der Waals surface area contributed by atoms with Crippen molar-refractivity contribution in [3.8, 4) is 11.5 Å². The largest absolute Gasteiger partial charge is 0.493 e. The van der Waals surface area contributed by atoms with E-state index in [2.05, 4.69) is 39.0 Å². The van der Waals surface area contributed by atoms with Gasteiger partial charge in [-0.15, -0.1) is 0 Å². The van der Waals surface area contributed by atoms with Gasteiger partial charge < -0.3 is 20.1 Å². The third-order valence-electron chi connectivity index (χ3n) is 5.12. The summed E-state index contributed by atoms with van der Waals surface area (Å²) in [5, 5.41) is 0.768. The summed E-state index contributed by atoms with van der Waals surface area (Å²) in [4.78, 5) is 13.9. The normalized spacial score (nSPS) is 15.0. The van der Waals surface area contributed by atoms with Crippen LogP contribution in [0.1, 0.15) is 5.56 Å². The third kappa shape index (κ3) is 3.66. The Kier molecular flexibility index (Phi) is 5.16. The van der Waals surface area contributed by atoms with Gasteiger partial charge in [-0.05, 0) is 11.6 Å². The van der Waals surface area contributed by atoms with Crippen LogP contribution < -0.4 is 20.1 Å². The summed E-state index contributed by atoms with van der Waals surface area (Å²) in [6.07, 6.45) is 0. The second kappa shape index (κ2) is 7.90. The molecule has 1 aliphatic rings. The Labute approximate surface area is 164 Å². The quantitative estimate of drug-likeness (QED) is 0.730. The summed E-state index contributed by atoms with van der Waals surface area (Å²) >= 11 is 0. The van der Waals surface area contributed by atoms with Crippen molar-refractivity contribution >= 4 is 22.7 Å². The van der Waals surface area contributed by atoms with Gasteiger partial charge >= 0.3 is 0 Å². The Morgan fingerprint density at radius 1 is 0.929 bits per heavy atom. The van der Waals surface area contributed by atoms with Gasteiger partial charge in [0.1, 0.15) is 5.82 Å². The molecule has 3 aromatic rings. The number of ether oxygens (including phenoxy) is 2. The molecule has 4 rings (SSSR count). The fourth-order valence-corrected chi connectivity index (χ4v) is 3.56. The molecular weight excluding hydrogens is 354 g/mol. The molecule has 146 valence electrons. The molecule has 1 saturated heterocycles. The van der Waals surface area contributed by atoms with E-state index in [-0.39, 0.29) is 0 Å². The standard InChI is InChI=1S/C21H25N5O2/c1-27-18-12-16-17(13-19(18)28-2)23-21(24-20(16)22)26-10-8-25(9-11-26)14-15-6-4-3-5-7-15/h3-7,12-13H,8-11,14H2,1-2H3,(H2,22,23,24). The van der Waals surface area contributed by atoms with E-state index >= 15 is 0 Å². The van der Waals surface area contributed by atoms with Gasteiger partial charge in [0, 0.05) is 44.2 Å². The lowest BCUT2D eigenvalue weighted by molar-refractivity contribution is 0.249. The molecule has 0 aliphatic carbocycles. The number of piperazine rings is 1. The zero-order chi connectivity index (χ0) is 19.5. The second-order valence-corrected chi connectivity index (χ2v) is 6.88. The molecule has 0 radical (unpaired) electrons. The summed E-state index contributed by atoms with van der Waals surface area (Å²) in [5.74, 6) is 2.36. The molecule has 0 spiro atoms. The number of methoxy groups -OCH3 is 2. The van der Waals surface area contributed by atoms with Crippen LogP contribution in [0, 0.1) is 0 Å². The number of hydrogen-bond acceptors (Lipinski definition) is 7. The molecule has 1 fully saturated rings. The molecule has 2 N–H and O–H groups in total. The number of hydrogen-bond donors (Lipinski definition) is 1. The average Bonchev–Trinajstić information content (AvgIpc) is 2.74. The predicted molar refractivity (Wildman–Crippen MR) is 111 cm³/mol. The first-order valence-electron chi connectivity index (χ1n) is 9.38. The molecule has 1 aromatic heterocycles. The highest BCUT2D eigenvalue weighted by Crippen LogP contribution is 2.34. The maximum atomic E-state index is 6.22. The summed E-state index contributed by atoms with van der Waals surface area (Å²) in [5.41, 5.74) is 8.32. The van der Waals surface area contributed by atoms with Crippen molar-refractivity contribution in [3.05, 3.63) is 48.0 Å². The first-order valence-corrected chi connectivity index (χ1v) is 9.38. The van der Waals surface area contributed by atoms with Gasteiger partial charge in [0.05, 0.1) is 19.7 Å². The molecule has 0 amide bonds. The van der Waals surface area contributed by atoms with Gasteiger partial charge in [0.15, 0.2) is 11.5 Å². The minimum absolute atomic E-state index is 0.452. The lowest BCUT2D eigenvalue weighted by atomic mass is 10.2. The van der Waals surface area contributed by atoms with Crippen molar-refractivity contribution in [2.24, 2.45) is 0 Å². The van der Waals surface area contributed by atoms with E-state index in [1.807, 2.05) is 18.2 Å². The van der Waals surface area contributed by atoms with Crippen molar-refractivity contribution in [3.63, 3.8) is 0 Å². The minimum atomic E-state index is 0.452. The fraction of sp³-hybridized carbons (Fsp3) is 0.333. The number of rotatable bonds is 5. The highest BCUT2D eigenvalue weighted by Gasteiger charge is 2.21. The van der Waals surface area contributed by atoms with Crippen LogP contribution in [0.25, 0.3) is 10.9 Å². The summed E-state index contributed by atoms with van der Waals surface area (Å²) in [6.45, 7) is 4.62. The van der Waals surface area contributed by atoms with Gasteiger partial charge in [0.25, 0.3) is 0 Å². The summed E-state index contributed by atoms with van der Waals surface area (Å²) < 4.78 is 10.7. The maximum absolute atomic E-state index is 6.22. The predicted octanol–water partition coefficient (Wildman–Crippen LogP) is 2.55. The second-order valence-electron chi connectivity index (χ2n) is 6.88. The number of benzene rings is 2. The van der Waals surface area contributed by atoms with Crippen LogP contribution in [0.4, 0.5) is 11.8 Å². The molecule has 0 unspecified atom stereocenters. The topological polar surface area (TPSA) is 76.7 Å². The van der Waals surface area contributed by atoms with Crippen molar-refractivity contribution < 1.29 is 9.47 Å². The van der Waals surface area contributed by atoms with Crippen LogP contribution in [0.5, 0.6) is 11.5 Å². The first-order chi connectivity index (χ1) is 13.7. The number of nitrogens with two attached hydrogens (primary N) is 1. The smallest absolute Gasteiger partial charge is 0.227 e. The fourth-order valence-electron chi connectivity index (χ4n) is 3.56. The van der Waals surface area contributed by atoms with Crippen molar-refractivity contribution in [1.82, 2.24) is 14.9 Å². The van der Waals surface area contributed by atoms with Crippen LogP contribution in [0.2, 0.25) is 0 Å². The Morgan fingerprint density at radius 2 is 1.61 bits per heavy atom. The summed E-state index contributed by atoms with van der Waals surface area (Å²) in [7, 11) is 3.21. The van der Waals surface area contributed by atoms with Gasteiger partial charge in [-0.2, -0.15) is 4.98 Å². The average molecular weight is 379 g/mol. The molecular formula is C21H25N5O2. The number of nitrogen functional groups attached to an aromatic ring is 1. The molecule has 0 bridgehead atoms. The zero-order valence-corrected chi connectivity index (χ0v) is 16.3. The van der Waals surface area contributed by atoms with E-state index in [0.717, 1.165) is 43.6 Å². The monoisotopic (exact) mass is 379 g/mol. The Morgan fingerprint density at radius 3 is 2.29 bits per heavy atom. The van der Waals surface area contributed by atoms with Crippen LogP contribution >= 0.6 is 0 Å². The molecule has 2 aromatic carbocycles. The van der Waals surface area contributed by atoms with E-state index in [1.54, 1.807) is 14.2 Å². The molecule has 7 nitrogen and oxygen atoms in total. The number of nitrogens with zero attached hydrogens (tertiary/aromatic N) is 4. The lowest BCUT2D eigenvalue weighted by Gasteiger charge is -2.34. The highest BCUT2D eigenvalue weighted by molar-refractivity contribution is 5.91. The molecule has 0 atom stereocenters. The number of aromatic nitrogens is 2. The van der Waals surface area contributed by atoms with Gasteiger partial charge in [-0.1, -0.05) is 30.3 Å². The minimum Gasteiger partial charge on any atom is -0.493 e. The van der Waals surface area contributed by atoms with Gasteiger partial charge in [0.2, 0.25) is 5.95 Å². The van der Waals surface area contributed by atoms with Gasteiger partial charge in [-0.3, -0.25) is 4.90 Å². The van der Waals surface area contributed by atoms with Crippen molar-refractivity contribution in [2.75, 3.05) is 51.0 Å². The number of fused-ring (bicyclic) bond motifs is 1. The van der Waals surface area contributed by atoms with E-state index in [4.69, 9.17) is 20.2 Å². The molecule has 2 heterocycles. The highest BCUT2D eigenvalue weighted by atomic mass is 16.5. The van der Waals surface area contributed by atoms with Crippen LogP contribution in [0.15, 0.2) is 42.5 Å². The summed E-state index contributed by atoms with van der Waals surface area (Å²) in [6, 6.07) is 14.2. The number of anilines is 2. The van der Waals surface area contributed by atoms with Gasteiger partial charge in [-0.25, -0.2) is 4.98 Å². The van der Waals surface area contributed by atoms with E-state index < -0.39 is 0 Å². The lowest BCUT2D eigenvalue weighted by Crippen LogP contribution is -2.46. The first kappa shape index (κ1) is 18.3. The van der Waals surface area contributed by atoms with Crippen molar-refractivity contribution in [1.29, 1.82) is 0 Å². The van der Waals surface area contributed by atoms with Crippen LogP contribution in [-0.4, -0.2) is 55.3 Å². The SMILES string of the molecule is COc1cc2nc(N3CCN(Cc4ccccc4)CC3)nc(N)c2cc1OC. The molecule has 28 heavy (non-hydrogen) atoms. The maximum Gasteiger partial charge on any atom is 0.227 e. The van der Waals surface area contributed by atoms with E-state index in [9.17, 15) is 0 Å². The zero-order valence-electron chi connectivity index (χ0n) is 16.3. The Bertz CT molecular complexity index is 956. The van der Waals surface area contributed by atoms with E-state index in [1.165, 1.54) is 5.56 Å². The molecule has 1 aliphatic heterocycles. The van der Waals surface area contributed by atoms with Crippen molar-refractivity contribution in [2.45, 2.75) is 6.54 Å². The van der Waals surface area contributed by atoms with Crippen LogP contribution in [-0.2, 0) is 6.54 Å². The third-order valence-corrected chi connectivity index (χ3v) is 5.12. The van der Waals surface area contributed by atoms with E-state index in [0.29, 0.717) is 23.3 Å². The molecule has 0 saturated carbocycles. The Balaban J connectivity index is 1.52.